The number of hydrogen-bond donors (Lipinski definition) is 1. The summed E-state index contributed by atoms with van der Waals surface area (Å²) in [7, 11) is 0. The van der Waals surface area contributed by atoms with Crippen molar-refractivity contribution < 1.29 is 4.79 Å². The summed E-state index contributed by atoms with van der Waals surface area (Å²) in [5.74, 6) is 1.29. The van der Waals surface area contributed by atoms with Crippen LogP contribution in [0, 0.1) is 11.3 Å². The minimum absolute atomic E-state index is 0.0513. The fourth-order valence-corrected chi connectivity index (χ4v) is 3.50. The lowest BCUT2D eigenvalue weighted by atomic mass is 9.75. The van der Waals surface area contributed by atoms with Crippen LogP contribution in [0.25, 0.3) is 0 Å². The summed E-state index contributed by atoms with van der Waals surface area (Å²) in [4.78, 5) is 15.0. The molecule has 0 atom stereocenters. The van der Waals surface area contributed by atoms with Gasteiger partial charge in [0.15, 0.2) is 0 Å². The van der Waals surface area contributed by atoms with Gasteiger partial charge in [-0.05, 0) is 51.1 Å². The molecule has 2 aliphatic rings. The van der Waals surface area contributed by atoms with Crippen molar-refractivity contribution in [3.63, 3.8) is 0 Å². The van der Waals surface area contributed by atoms with E-state index >= 15 is 0 Å². The van der Waals surface area contributed by atoms with Crippen molar-refractivity contribution in [2.75, 3.05) is 26.2 Å². The number of amides is 1. The maximum Gasteiger partial charge on any atom is 0.228 e. The second-order valence-corrected chi connectivity index (χ2v) is 6.03. The van der Waals surface area contributed by atoms with Gasteiger partial charge in [0.05, 0.1) is 5.41 Å². The average Bonchev–Trinajstić information content (AvgIpc) is 2.47. The second-order valence-electron chi connectivity index (χ2n) is 6.03. The van der Waals surface area contributed by atoms with Gasteiger partial charge in [0.25, 0.3) is 0 Å². The molecule has 0 saturated carbocycles. The maximum absolute atomic E-state index is 12.8. The highest BCUT2D eigenvalue weighted by Crippen LogP contribution is 2.36. The van der Waals surface area contributed by atoms with Crippen LogP contribution in [-0.4, -0.2) is 37.0 Å². The molecule has 2 fully saturated rings. The lowest BCUT2D eigenvalue weighted by molar-refractivity contribution is -0.145. The van der Waals surface area contributed by atoms with E-state index in [1.807, 2.05) is 0 Å². The molecule has 1 amide bonds. The van der Waals surface area contributed by atoms with Crippen LogP contribution in [0.4, 0.5) is 0 Å². The minimum atomic E-state index is -0.0513. The van der Waals surface area contributed by atoms with Crippen LogP contribution in [0.15, 0.2) is 0 Å². The summed E-state index contributed by atoms with van der Waals surface area (Å²) in [6.07, 6.45) is 6.73. The smallest absolute Gasteiger partial charge is 0.228 e. The average molecular weight is 252 g/mol. The highest BCUT2D eigenvalue weighted by Gasteiger charge is 2.41. The summed E-state index contributed by atoms with van der Waals surface area (Å²) in [5, 5.41) is 3.38. The Balaban J connectivity index is 1.97. The Morgan fingerprint density at radius 3 is 2.33 bits per heavy atom. The Hall–Kier alpha value is -0.570. The van der Waals surface area contributed by atoms with Crippen LogP contribution >= 0.6 is 0 Å². The highest BCUT2D eigenvalue weighted by atomic mass is 16.2. The first-order valence-electron chi connectivity index (χ1n) is 7.72. The van der Waals surface area contributed by atoms with Gasteiger partial charge in [0.2, 0.25) is 5.91 Å². The number of carbonyl (C=O) groups is 1. The molecule has 104 valence electrons. The third kappa shape index (κ3) is 2.71. The first-order chi connectivity index (χ1) is 8.72. The molecule has 0 unspecified atom stereocenters. The lowest BCUT2D eigenvalue weighted by Gasteiger charge is -2.42. The van der Waals surface area contributed by atoms with Gasteiger partial charge < -0.3 is 10.2 Å². The molecule has 18 heavy (non-hydrogen) atoms. The summed E-state index contributed by atoms with van der Waals surface area (Å²) in [6.45, 7) is 8.44. The third-order valence-corrected chi connectivity index (χ3v) is 5.17. The molecule has 0 aromatic rings. The van der Waals surface area contributed by atoms with Gasteiger partial charge in [-0.25, -0.2) is 0 Å². The molecular weight excluding hydrogens is 224 g/mol. The van der Waals surface area contributed by atoms with E-state index in [-0.39, 0.29) is 5.41 Å². The van der Waals surface area contributed by atoms with E-state index in [4.69, 9.17) is 0 Å². The van der Waals surface area contributed by atoms with E-state index < -0.39 is 0 Å². The van der Waals surface area contributed by atoms with Crippen molar-refractivity contribution >= 4 is 5.91 Å². The summed E-state index contributed by atoms with van der Waals surface area (Å²) < 4.78 is 0. The molecule has 3 heteroatoms. The Bertz CT molecular complexity index is 276. The molecule has 0 aromatic carbocycles. The molecule has 2 saturated heterocycles. The maximum atomic E-state index is 12.8. The number of piperidine rings is 2. The van der Waals surface area contributed by atoms with Crippen LogP contribution in [0.5, 0.6) is 0 Å². The number of carbonyl (C=O) groups excluding carboxylic acids is 1. The van der Waals surface area contributed by atoms with Gasteiger partial charge in [-0.1, -0.05) is 20.3 Å². The molecular formula is C15H28N2O. The second kappa shape index (κ2) is 6.05. The van der Waals surface area contributed by atoms with E-state index in [0.717, 1.165) is 51.4 Å². The molecule has 0 spiro atoms. The topological polar surface area (TPSA) is 32.3 Å². The first-order valence-corrected chi connectivity index (χ1v) is 7.72. The lowest BCUT2D eigenvalue weighted by Crippen LogP contribution is -2.51. The zero-order valence-electron chi connectivity index (χ0n) is 12.0. The van der Waals surface area contributed by atoms with Crippen LogP contribution < -0.4 is 5.32 Å². The van der Waals surface area contributed by atoms with E-state index in [2.05, 4.69) is 24.1 Å². The van der Waals surface area contributed by atoms with Gasteiger partial charge in [-0.15, -0.1) is 0 Å². The number of nitrogens with one attached hydrogen (secondary N) is 1. The third-order valence-electron chi connectivity index (χ3n) is 5.17. The molecule has 0 bridgehead atoms. The number of likely N-dealkylation sites (tertiary alicyclic amines) is 1. The largest absolute Gasteiger partial charge is 0.342 e. The van der Waals surface area contributed by atoms with Crippen molar-refractivity contribution in [1.29, 1.82) is 0 Å². The molecule has 1 N–H and O–H groups in total. The normalized spacial score (nSPS) is 25.1. The SMILES string of the molecule is CCC1CCN(C(=O)C2(CC)CCNCC2)CC1. The van der Waals surface area contributed by atoms with Crippen LogP contribution in [0.2, 0.25) is 0 Å². The Morgan fingerprint density at radius 2 is 1.83 bits per heavy atom. The first kappa shape index (κ1) is 13.9. The van der Waals surface area contributed by atoms with E-state index in [9.17, 15) is 4.79 Å². The summed E-state index contributed by atoms with van der Waals surface area (Å²) in [5.41, 5.74) is -0.0513. The van der Waals surface area contributed by atoms with Gasteiger partial charge in [0.1, 0.15) is 0 Å². The summed E-state index contributed by atoms with van der Waals surface area (Å²) >= 11 is 0. The number of nitrogens with zero attached hydrogens (tertiary/aromatic N) is 1. The van der Waals surface area contributed by atoms with Gasteiger partial charge in [-0.2, -0.15) is 0 Å². The van der Waals surface area contributed by atoms with E-state index in [0.29, 0.717) is 5.91 Å². The number of hydrogen-bond acceptors (Lipinski definition) is 2. The molecule has 0 aliphatic carbocycles. The van der Waals surface area contributed by atoms with Crippen molar-refractivity contribution in [3.8, 4) is 0 Å². The van der Waals surface area contributed by atoms with Crippen molar-refractivity contribution in [3.05, 3.63) is 0 Å². The van der Waals surface area contributed by atoms with Gasteiger partial charge in [0, 0.05) is 13.1 Å². The van der Waals surface area contributed by atoms with Crippen LogP contribution in [0.3, 0.4) is 0 Å². The predicted octanol–water partition coefficient (Wildman–Crippen LogP) is 2.41. The molecule has 0 aromatic heterocycles. The van der Waals surface area contributed by atoms with Gasteiger partial charge in [-0.3, -0.25) is 4.79 Å². The van der Waals surface area contributed by atoms with E-state index in [1.165, 1.54) is 19.3 Å². The standard InChI is InChI=1S/C15H28N2O/c1-3-13-5-11-17(12-6-13)14(18)15(4-2)7-9-16-10-8-15/h13,16H,3-12H2,1-2H3. The molecule has 2 rings (SSSR count). The molecule has 2 heterocycles. The zero-order valence-corrected chi connectivity index (χ0v) is 12.0. The van der Waals surface area contributed by atoms with Gasteiger partial charge >= 0.3 is 0 Å². The molecule has 0 radical (unpaired) electrons. The van der Waals surface area contributed by atoms with E-state index in [1.54, 1.807) is 0 Å². The minimum Gasteiger partial charge on any atom is -0.342 e. The summed E-state index contributed by atoms with van der Waals surface area (Å²) in [6, 6.07) is 0. The number of rotatable bonds is 3. The fraction of sp³-hybridized carbons (Fsp3) is 0.933. The Morgan fingerprint density at radius 1 is 1.22 bits per heavy atom. The Labute approximate surface area is 111 Å². The Kier molecular flexibility index (Phi) is 4.66. The predicted molar refractivity (Wildman–Crippen MR) is 74.4 cm³/mol. The van der Waals surface area contributed by atoms with Crippen molar-refractivity contribution in [2.45, 2.75) is 52.4 Å². The molecule has 2 aliphatic heterocycles. The zero-order chi connectivity index (χ0) is 13.0. The van der Waals surface area contributed by atoms with Crippen molar-refractivity contribution in [2.24, 2.45) is 11.3 Å². The van der Waals surface area contributed by atoms with Crippen LogP contribution in [-0.2, 0) is 4.79 Å². The quantitative estimate of drug-likeness (QED) is 0.836. The van der Waals surface area contributed by atoms with Crippen LogP contribution in [0.1, 0.15) is 52.4 Å². The fourth-order valence-electron chi connectivity index (χ4n) is 3.50. The monoisotopic (exact) mass is 252 g/mol. The van der Waals surface area contributed by atoms with Crippen molar-refractivity contribution in [1.82, 2.24) is 10.2 Å². The molecule has 3 nitrogen and oxygen atoms in total. The highest BCUT2D eigenvalue weighted by molar-refractivity contribution is 5.83.